The Hall–Kier alpha value is -2.63. The molecule has 1 aliphatic heterocycles. The average Bonchev–Trinajstić information content (AvgIpc) is 2.88. The van der Waals surface area contributed by atoms with Crippen LogP contribution in [0.25, 0.3) is 6.08 Å². The molecule has 1 aliphatic rings. The SMILES string of the molecule is CCOC(=O)/C=C/c1ccc(N2CC(C(N)=O)CC2=O)cc1. The van der Waals surface area contributed by atoms with Gasteiger partial charge in [-0.3, -0.25) is 9.59 Å². The number of ether oxygens (including phenoxy) is 1. The maximum atomic E-state index is 11.9. The van der Waals surface area contributed by atoms with Gasteiger partial charge in [0.1, 0.15) is 0 Å². The molecule has 1 aromatic rings. The number of nitrogens with zero attached hydrogens (tertiary/aromatic N) is 1. The van der Waals surface area contributed by atoms with Crippen molar-refractivity contribution in [2.75, 3.05) is 18.1 Å². The normalized spacial score (nSPS) is 18.0. The highest BCUT2D eigenvalue weighted by molar-refractivity contribution is 6.00. The first-order valence-corrected chi connectivity index (χ1v) is 7.06. The van der Waals surface area contributed by atoms with Crippen molar-refractivity contribution in [2.24, 2.45) is 11.7 Å². The summed E-state index contributed by atoms with van der Waals surface area (Å²) in [5, 5.41) is 0. The summed E-state index contributed by atoms with van der Waals surface area (Å²) in [5.74, 6) is -1.40. The number of nitrogens with two attached hydrogens (primary N) is 1. The summed E-state index contributed by atoms with van der Waals surface area (Å²) in [6.07, 6.45) is 3.14. The molecule has 1 saturated heterocycles. The number of hydrogen-bond acceptors (Lipinski definition) is 4. The maximum absolute atomic E-state index is 11.9. The third-order valence-electron chi connectivity index (χ3n) is 3.43. The van der Waals surface area contributed by atoms with Gasteiger partial charge >= 0.3 is 5.97 Å². The number of primary amides is 1. The van der Waals surface area contributed by atoms with E-state index in [0.717, 1.165) is 5.56 Å². The van der Waals surface area contributed by atoms with Crippen molar-refractivity contribution in [1.29, 1.82) is 0 Å². The van der Waals surface area contributed by atoms with Gasteiger partial charge in [0.15, 0.2) is 0 Å². The van der Waals surface area contributed by atoms with Gasteiger partial charge in [0, 0.05) is 24.7 Å². The molecular formula is C16H18N2O4. The van der Waals surface area contributed by atoms with Crippen molar-refractivity contribution in [3.8, 4) is 0 Å². The first kappa shape index (κ1) is 15.8. The van der Waals surface area contributed by atoms with Crippen molar-refractivity contribution < 1.29 is 19.1 Å². The molecule has 1 unspecified atom stereocenters. The quantitative estimate of drug-likeness (QED) is 0.651. The zero-order chi connectivity index (χ0) is 16.1. The number of rotatable bonds is 5. The van der Waals surface area contributed by atoms with Crippen LogP contribution in [0.15, 0.2) is 30.3 Å². The first-order chi connectivity index (χ1) is 10.5. The molecule has 1 fully saturated rings. The molecule has 6 heteroatoms. The van der Waals surface area contributed by atoms with E-state index in [9.17, 15) is 14.4 Å². The number of carbonyl (C=O) groups is 3. The van der Waals surface area contributed by atoms with Gasteiger partial charge in [-0.05, 0) is 30.7 Å². The summed E-state index contributed by atoms with van der Waals surface area (Å²) >= 11 is 0. The average molecular weight is 302 g/mol. The van der Waals surface area contributed by atoms with Gasteiger partial charge < -0.3 is 15.4 Å². The van der Waals surface area contributed by atoms with E-state index in [-0.39, 0.29) is 12.3 Å². The van der Waals surface area contributed by atoms with E-state index in [1.807, 2.05) is 0 Å². The number of carbonyl (C=O) groups excluding carboxylic acids is 3. The standard InChI is InChI=1S/C16H18N2O4/c1-2-22-15(20)8-5-11-3-6-13(7-4-11)18-10-12(16(17)21)9-14(18)19/h3-8,12H,2,9-10H2,1H3,(H2,17,21)/b8-5+. The minimum atomic E-state index is -0.454. The Bertz CT molecular complexity index is 607. The molecule has 0 saturated carbocycles. The fraction of sp³-hybridized carbons (Fsp3) is 0.312. The molecular weight excluding hydrogens is 284 g/mol. The van der Waals surface area contributed by atoms with Crippen molar-refractivity contribution in [2.45, 2.75) is 13.3 Å². The molecule has 1 aromatic carbocycles. The zero-order valence-electron chi connectivity index (χ0n) is 12.3. The number of hydrogen-bond donors (Lipinski definition) is 1. The topological polar surface area (TPSA) is 89.7 Å². The molecule has 2 amide bonds. The monoisotopic (exact) mass is 302 g/mol. The molecule has 116 valence electrons. The lowest BCUT2D eigenvalue weighted by molar-refractivity contribution is -0.137. The van der Waals surface area contributed by atoms with Crippen molar-refractivity contribution in [1.82, 2.24) is 0 Å². The molecule has 0 aliphatic carbocycles. The van der Waals surface area contributed by atoms with Crippen LogP contribution in [0.5, 0.6) is 0 Å². The van der Waals surface area contributed by atoms with Crippen LogP contribution in [0.2, 0.25) is 0 Å². The predicted octanol–water partition coefficient (Wildman–Crippen LogP) is 1.10. The molecule has 1 heterocycles. The van der Waals surface area contributed by atoms with E-state index in [1.165, 1.54) is 6.08 Å². The van der Waals surface area contributed by atoms with Gasteiger partial charge in [0.25, 0.3) is 0 Å². The van der Waals surface area contributed by atoms with E-state index in [2.05, 4.69) is 0 Å². The van der Waals surface area contributed by atoms with Crippen LogP contribution in [0.3, 0.4) is 0 Å². The van der Waals surface area contributed by atoms with Crippen LogP contribution in [0, 0.1) is 5.92 Å². The van der Waals surface area contributed by atoms with E-state index in [0.29, 0.717) is 18.8 Å². The van der Waals surface area contributed by atoms with Crippen LogP contribution in [-0.2, 0) is 19.1 Å². The molecule has 1 atom stereocenters. The lowest BCUT2D eigenvalue weighted by atomic mass is 10.1. The summed E-state index contributed by atoms with van der Waals surface area (Å²) < 4.78 is 4.79. The highest BCUT2D eigenvalue weighted by Gasteiger charge is 2.33. The van der Waals surface area contributed by atoms with E-state index in [1.54, 1.807) is 42.2 Å². The van der Waals surface area contributed by atoms with Gasteiger partial charge in [-0.15, -0.1) is 0 Å². The fourth-order valence-electron chi connectivity index (χ4n) is 2.27. The number of benzene rings is 1. The van der Waals surface area contributed by atoms with Crippen LogP contribution in [-0.4, -0.2) is 30.9 Å². The predicted molar refractivity (Wildman–Crippen MR) is 81.8 cm³/mol. The Morgan fingerprint density at radius 1 is 1.36 bits per heavy atom. The van der Waals surface area contributed by atoms with Crippen molar-refractivity contribution in [3.63, 3.8) is 0 Å². The van der Waals surface area contributed by atoms with Crippen LogP contribution >= 0.6 is 0 Å². The summed E-state index contributed by atoms with van der Waals surface area (Å²) in [6, 6.07) is 7.12. The summed E-state index contributed by atoms with van der Waals surface area (Å²) in [6.45, 7) is 2.39. The summed E-state index contributed by atoms with van der Waals surface area (Å²) in [5.41, 5.74) is 6.77. The van der Waals surface area contributed by atoms with E-state index >= 15 is 0 Å². The molecule has 6 nitrogen and oxygen atoms in total. The maximum Gasteiger partial charge on any atom is 0.330 e. The van der Waals surface area contributed by atoms with Crippen molar-refractivity contribution >= 4 is 29.5 Å². The lowest BCUT2D eigenvalue weighted by Gasteiger charge is -2.16. The molecule has 2 N–H and O–H groups in total. The van der Waals surface area contributed by atoms with Crippen molar-refractivity contribution in [3.05, 3.63) is 35.9 Å². The largest absolute Gasteiger partial charge is 0.463 e. The number of esters is 1. The third kappa shape index (κ3) is 3.72. The number of amides is 2. The smallest absolute Gasteiger partial charge is 0.330 e. The Morgan fingerprint density at radius 3 is 2.59 bits per heavy atom. The van der Waals surface area contributed by atoms with E-state index in [4.69, 9.17) is 10.5 Å². The lowest BCUT2D eigenvalue weighted by Crippen LogP contribution is -2.28. The third-order valence-corrected chi connectivity index (χ3v) is 3.43. The number of anilines is 1. The van der Waals surface area contributed by atoms with Gasteiger partial charge in [-0.2, -0.15) is 0 Å². The van der Waals surface area contributed by atoms with Gasteiger partial charge in [-0.1, -0.05) is 12.1 Å². The fourth-order valence-corrected chi connectivity index (χ4v) is 2.27. The van der Waals surface area contributed by atoms with Crippen LogP contribution in [0.4, 0.5) is 5.69 Å². The minimum Gasteiger partial charge on any atom is -0.463 e. The summed E-state index contributed by atoms with van der Waals surface area (Å²) in [7, 11) is 0. The molecule has 22 heavy (non-hydrogen) atoms. The van der Waals surface area contributed by atoms with Gasteiger partial charge in [-0.25, -0.2) is 4.79 Å². The Morgan fingerprint density at radius 2 is 2.05 bits per heavy atom. The van der Waals surface area contributed by atoms with Gasteiger partial charge in [0.05, 0.1) is 12.5 Å². The highest BCUT2D eigenvalue weighted by Crippen LogP contribution is 2.25. The Balaban J connectivity index is 2.05. The Kier molecular flexibility index (Phi) is 4.93. The molecule has 0 radical (unpaired) electrons. The Labute approximate surface area is 128 Å². The first-order valence-electron chi connectivity index (χ1n) is 7.06. The highest BCUT2D eigenvalue weighted by atomic mass is 16.5. The minimum absolute atomic E-state index is 0.112. The molecule has 0 spiro atoms. The molecule has 2 rings (SSSR count). The second kappa shape index (κ2) is 6.89. The van der Waals surface area contributed by atoms with Gasteiger partial charge in [0.2, 0.25) is 11.8 Å². The van der Waals surface area contributed by atoms with Crippen LogP contribution in [0.1, 0.15) is 18.9 Å². The second-order valence-corrected chi connectivity index (χ2v) is 4.98. The summed E-state index contributed by atoms with van der Waals surface area (Å²) in [4.78, 5) is 35.9. The zero-order valence-corrected chi connectivity index (χ0v) is 12.3. The second-order valence-electron chi connectivity index (χ2n) is 4.98. The molecule has 0 bridgehead atoms. The molecule has 0 aromatic heterocycles. The van der Waals surface area contributed by atoms with Crippen LogP contribution < -0.4 is 10.6 Å². The van der Waals surface area contributed by atoms with E-state index < -0.39 is 17.8 Å².